The highest BCUT2D eigenvalue weighted by Crippen LogP contribution is 2.16. The van der Waals surface area contributed by atoms with Crippen molar-refractivity contribution in [3.05, 3.63) is 52.9 Å². The van der Waals surface area contributed by atoms with Gasteiger partial charge in [-0.3, -0.25) is 0 Å². The molecule has 0 unspecified atom stereocenters. The molecule has 0 aliphatic heterocycles. The fourth-order valence-electron chi connectivity index (χ4n) is 1.93. The molecule has 24 heavy (non-hydrogen) atoms. The lowest BCUT2D eigenvalue weighted by Crippen LogP contribution is -2.32. The molecule has 2 aromatic rings. The second-order valence-electron chi connectivity index (χ2n) is 6.21. The van der Waals surface area contributed by atoms with Crippen molar-refractivity contribution < 1.29 is 9.53 Å². The van der Waals surface area contributed by atoms with E-state index in [-0.39, 0.29) is 11.8 Å². The lowest BCUT2D eigenvalue weighted by atomic mass is 10.2. The number of aromatic nitrogens is 2. The zero-order chi connectivity index (χ0) is 17.6. The number of alkyl carbamates (subject to hydrolysis) is 1. The summed E-state index contributed by atoms with van der Waals surface area (Å²) in [5.74, 6) is 0.579. The Bertz CT molecular complexity index is 687. The van der Waals surface area contributed by atoms with Gasteiger partial charge in [0.15, 0.2) is 0 Å². The largest absolute Gasteiger partial charge is 0.444 e. The van der Waals surface area contributed by atoms with Crippen LogP contribution < -0.4 is 10.6 Å². The highest BCUT2D eigenvalue weighted by Gasteiger charge is 2.16. The number of benzene rings is 1. The smallest absolute Gasteiger partial charge is 0.407 e. The molecule has 2 N–H and O–H groups in total. The van der Waals surface area contributed by atoms with Gasteiger partial charge in [0.05, 0.1) is 6.54 Å². The number of amides is 1. The molecule has 0 saturated carbocycles. The van der Waals surface area contributed by atoms with Gasteiger partial charge in [-0.2, -0.15) is 0 Å². The Morgan fingerprint density at radius 3 is 2.58 bits per heavy atom. The minimum absolute atomic E-state index is 0.145. The second-order valence-corrected chi connectivity index (χ2v) is 6.55. The normalized spacial score (nSPS) is 11.0. The number of anilines is 1. The third-order valence-electron chi connectivity index (χ3n) is 2.96. The monoisotopic (exact) mass is 348 g/mol. The van der Waals surface area contributed by atoms with E-state index in [2.05, 4.69) is 20.6 Å². The summed E-state index contributed by atoms with van der Waals surface area (Å²) in [6.45, 7) is 6.26. The molecule has 2 rings (SSSR count). The van der Waals surface area contributed by atoms with Gasteiger partial charge in [0.25, 0.3) is 0 Å². The summed E-state index contributed by atoms with van der Waals surface area (Å²) in [5.41, 5.74) is 1.29. The maximum Gasteiger partial charge on any atom is 0.407 e. The van der Waals surface area contributed by atoms with Crippen molar-refractivity contribution >= 4 is 23.5 Å². The first-order valence-electron chi connectivity index (χ1n) is 7.59. The molecule has 6 nitrogen and oxygen atoms in total. The van der Waals surface area contributed by atoms with Crippen LogP contribution in [0.3, 0.4) is 0 Å². The molecule has 0 atom stereocenters. The molecule has 0 radical (unpaired) electrons. The van der Waals surface area contributed by atoms with Crippen molar-refractivity contribution in [3.63, 3.8) is 0 Å². The van der Waals surface area contributed by atoms with Gasteiger partial charge in [-0.15, -0.1) is 0 Å². The molecule has 1 amide bonds. The first-order chi connectivity index (χ1) is 11.3. The third-order valence-corrected chi connectivity index (χ3v) is 3.14. The molecular weight excluding hydrogens is 328 g/mol. The Labute approximate surface area is 146 Å². The van der Waals surface area contributed by atoms with Crippen LogP contribution in [0.2, 0.25) is 5.28 Å². The summed E-state index contributed by atoms with van der Waals surface area (Å²) in [6, 6.07) is 9.91. The Balaban J connectivity index is 2.00. The van der Waals surface area contributed by atoms with E-state index in [1.165, 1.54) is 0 Å². The Morgan fingerprint density at radius 2 is 1.92 bits per heavy atom. The summed E-state index contributed by atoms with van der Waals surface area (Å²) < 4.78 is 5.21. The lowest BCUT2D eigenvalue weighted by molar-refractivity contribution is 0.0523. The molecule has 0 bridgehead atoms. The minimum atomic E-state index is -0.547. The van der Waals surface area contributed by atoms with Crippen molar-refractivity contribution in [2.45, 2.75) is 39.5 Å². The van der Waals surface area contributed by atoms with Gasteiger partial charge in [0, 0.05) is 18.3 Å². The molecule has 0 fully saturated rings. The lowest BCUT2D eigenvalue weighted by Gasteiger charge is -2.20. The van der Waals surface area contributed by atoms with Gasteiger partial charge in [-0.25, -0.2) is 14.8 Å². The number of hydrogen-bond donors (Lipinski definition) is 2. The molecular formula is C17H21ClN4O2. The summed E-state index contributed by atoms with van der Waals surface area (Å²) in [4.78, 5) is 19.9. The van der Waals surface area contributed by atoms with Gasteiger partial charge >= 0.3 is 6.09 Å². The van der Waals surface area contributed by atoms with Gasteiger partial charge in [0.1, 0.15) is 11.4 Å². The highest BCUT2D eigenvalue weighted by atomic mass is 35.5. The van der Waals surface area contributed by atoms with Gasteiger partial charge < -0.3 is 15.4 Å². The average molecular weight is 349 g/mol. The SMILES string of the molecule is CC(C)(C)OC(=O)NCc1cnc(Cl)nc1NCc1ccccc1. The first kappa shape index (κ1) is 18.0. The van der Waals surface area contributed by atoms with E-state index in [1.54, 1.807) is 6.20 Å². The van der Waals surface area contributed by atoms with Crippen molar-refractivity contribution in [2.24, 2.45) is 0 Å². The topological polar surface area (TPSA) is 76.1 Å². The number of carbonyl (C=O) groups excluding carboxylic acids is 1. The standard InChI is InChI=1S/C17H21ClN4O2/c1-17(2,3)24-16(23)21-11-13-10-20-15(18)22-14(13)19-9-12-7-5-4-6-8-12/h4-8,10H,9,11H2,1-3H3,(H,21,23)(H,19,20,22). The highest BCUT2D eigenvalue weighted by molar-refractivity contribution is 6.28. The number of halogens is 1. The van der Waals surface area contributed by atoms with Crippen LogP contribution in [0.15, 0.2) is 36.5 Å². The molecule has 7 heteroatoms. The minimum Gasteiger partial charge on any atom is -0.444 e. The quantitative estimate of drug-likeness (QED) is 0.804. The second kappa shape index (κ2) is 7.97. The van der Waals surface area contributed by atoms with Crippen LogP contribution in [0.25, 0.3) is 0 Å². The van der Waals surface area contributed by atoms with E-state index in [9.17, 15) is 4.79 Å². The predicted molar refractivity (Wildman–Crippen MR) is 93.9 cm³/mol. The summed E-state index contributed by atoms with van der Waals surface area (Å²) in [7, 11) is 0. The number of carbonyl (C=O) groups is 1. The molecule has 0 aliphatic rings. The Morgan fingerprint density at radius 1 is 1.21 bits per heavy atom. The van der Waals surface area contributed by atoms with Crippen molar-refractivity contribution in [1.29, 1.82) is 0 Å². The number of rotatable bonds is 5. The molecule has 128 valence electrons. The number of hydrogen-bond acceptors (Lipinski definition) is 5. The Kier molecular flexibility index (Phi) is 5.98. The van der Waals surface area contributed by atoms with Crippen LogP contribution in [0.5, 0.6) is 0 Å². The third kappa shape index (κ3) is 6.04. The maximum atomic E-state index is 11.8. The average Bonchev–Trinajstić information content (AvgIpc) is 2.51. The fraction of sp³-hybridized carbons (Fsp3) is 0.353. The van der Waals surface area contributed by atoms with Crippen LogP contribution in [0.4, 0.5) is 10.6 Å². The number of nitrogens with zero attached hydrogens (tertiary/aromatic N) is 2. The molecule has 0 spiro atoms. The van der Waals surface area contributed by atoms with E-state index < -0.39 is 11.7 Å². The van der Waals surface area contributed by atoms with Crippen molar-refractivity contribution in [3.8, 4) is 0 Å². The Hall–Kier alpha value is -2.34. The maximum absolute atomic E-state index is 11.8. The van der Waals surface area contributed by atoms with E-state index in [1.807, 2.05) is 51.1 Å². The molecule has 0 saturated heterocycles. The van der Waals surface area contributed by atoms with Crippen molar-refractivity contribution in [2.75, 3.05) is 5.32 Å². The van der Waals surface area contributed by atoms with Crippen LogP contribution in [-0.4, -0.2) is 21.7 Å². The van der Waals surface area contributed by atoms with Crippen molar-refractivity contribution in [1.82, 2.24) is 15.3 Å². The zero-order valence-electron chi connectivity index (χ0n) is 14.0. The summed E-state index contributed by atoms with van der Waals surface area (Å²) in [6.07, 6.45) is 1.09. The first-order valence-corrected chi connectivity index (χ1v) is 7.97. The van der Waals surface area contributed by atoms with E-state index in [0.717, 1.165) is 11.1 Å². The summed E-state index contributed by atoms with van der Waals surface area (Å²) >= 11 is 5.87. The van der Waals surface area contributed by atoms with E-state index in [0.29, 0.717) is 12.4 Å². The molecule has 1 heterocycles. The van der Waals surface area contributed by atoms with Crippen LogP contribution in [0.1, 0.15) is 31.9 Å². The zero-order valence-corrected chi connectivity index (χ0v) is 14.7. The van der Waals surface area contributed by atoms with Crippen LogP contribution in [-0.2, 0) is 17.8 Å². The van der Waals surface area contributed by atoms with Crippen LogP contribution in [0, 0.1) is 0 Å². The molecule has 1 aromatic heterocycles. The van der Waals surface area contributed by atoms with E-state index >= 15 is 0 Å². The van der Waals surface area contributed by atoms with Gasteiger partial charge in [0.2, 0.25) is 5.28 Å². The number of nitrogens with one attached hydrogen (secondary N) is 2. The molecule has 0 aliphatic carbocycles. The van der Waals surface area contributed by atoms with Crippen LogP contribution >= 0.6 is 11.6 Å². The predicted octanol–water partition coefficient (Wildman–Crippen LogP) is 3.77. The number of ether oxygens (including phenoxy) is 1. The van der Waals surface area contributed by atoms with Gasteiger partial charge in [-0.05, 0) is 37.9 Å². The fourth-order valence-corrected chi connectivity index (χ4v) is 2.06. The molecule has 1 aromatic carbocycles. The van der Waals surface area contributed by atoms with E-state index in [4.69, 9.17) is 16.3 Å². The van der Waals surface area contributed by atoms with Gasteiger partial charge in [-0.1, -0.05) is 30.3 Å². The summed E-state index contributed by atoms with van der Waals surface area (Å²) in [5, 5.41) is 6.05.